The van der Waals surface area contributed by atoms with Crippen molar-refractivity contribution in [1.82, 2.24) is 5.32 Å². The molecule has 1 aliphatic carbocycles. The second-order valence-electron chi connectivity index (χ2n) is 7.22. The lowest BCUT2D eigenvalue weighted by atomic mass is 10.0. The minimum Gasteiger partial charge on any atom is -0.493 e. The van der Waals surface area contributed by atoms with E-state index in [0.717, 1.165) is 18.5 Å². The van der Waals surface area contributed by atoms with Crippen LogP contribution in [0.4, 0.5) is 5.69 Å². The number of carbonyl (C=O) groups excluding carboxylic acids is 1. The number of carbonyl (C=O) groups is 1. The SMILES string of the molecule is COc1cc([C@H](Nc2ccc(C(=N)N)cc2)C(=O)NCC2CC2)cc(OC)c1OC. The van der Waals surface area contributed by atoms with Gasteiger partial charge in [-0.15, -0.1) is 0 Å². The number of amidine groups is 1. The van der Waals surface area contributed by atoms with Gasteiger partial charge in [0.2, 0.25) is 11.7 Å². The first-order chi connectivity index (χ1) is 14.5. The number of benzene rings is 2. The zero-order valence-corrected chi connectivity index (χ0v) is 17.5. The van der Waals surface area contributed by atoms with Gasteiger partial charge in [0.25, 0.3) is 0 Å². The summed E-state index contributed by atoms with van der Waals surface area (Å²) >= 11 is 0. The number of rotatable bonds is 10. The first-order valence-electron chi connectivity index (χ1n) is 9.75. The zero-order valence-electron chi connectivity index (χ0n) is 17.5. The number of amides is 1. The van der Waals surface area contributed by atoms with Gasteiger partial charge in [-0.2, -0.15) is 0 Å². The normalized spacial score (nSPS) is 13.8. The van der Waals surface area contributed by atoms with Crippen LogP contribution < -0.4 is 30.6 Å². The van der Waals surface area contributed by atoms with Crippen LogP contribution in [0.25, 0.3) is 0 Å². The summed E-state index contributed by atoms with van der Waals surface area (Å²) in [6.45, 7) is 0.657. The standard InChI is InChI=1S/C22H28N4O4/c1-28-17-10-15(11-18(29-2)20(17)30-3)19(22(27)25-12-13-4-5-13)26-16-8-6-14(7-9-16)21(23)24/h6-11,13,19,26H,4-5,12H2,1-3H3,(H3,23,24)(H,25,27)/t19-/m0/s1. The van der Waals surface area contributed by atoms with Gasteiger partial charge in [0, 0.05) is 17.8 Å². The van der Waals surface area contributed by atoms with E-state index in [9.17, 15) is 4.79 Å². The fourth-order valence-corrected chi connectivity index (χ4v) is 3.15. The summed E-state index contributed by atoms with van der Waals surface area (Å²) in [6.07, 6.45) is 2.30. The average Bonchev–Trinajstić information content (AvgIpc) is 3.59. The summed E-state index contributed by atoms with van der Waals surface area (Å²) < 4.78 is 16.3. The van der Waals surface area contributed by atoms with Crippen molar-refractivity contribution in [3.63, 3.8) is 0 Å². The van der Waals surface area contributed by atoms with Crippen LogP contribution in [0, 0.1) is 11.3 Å². The first-order valence-corrected chi connectivity index (χ1v) is 9.75. The highest BCUT2D eigenvalue weighted by molar-refractivity contribution is 5.95. The molecule has 3 rings (SSSR count). The molecular weight excluding hydrogens is 384 g/mol. The smallest absolute Gasteiger partial charge is 0.247 e. The molecule has 0 saturated heterocycles. The van der Waals surface area contributed by atoms with E-state index < -0.39 is 6.04 Å². The molecule has 8 nitrogen and oxygen atoms in total. The molecule has 2 aromatic rings. The number of ether oxygens (including phenoxy) is 3. The van der Waals surface area contributed by atoms with Crippen LogP contribution in [-0.4, -0.2) is 39.6 Å². The Morgan fingerprint density at radius 1 is 1.10 bits per heavy atom. The molecule has 0 radical (unpaired) electrons. The van der Waals surface area contributed by atoms with Crippen LogP contribution in [-0.2, 0) is 4.79 Å². The third-order valence-corrected chi connectivity index (χ3v) is 5.05. The van der Waals surface area contributed by atoms with Gasteiger partial charge in [-0.05, 0) is 60.7 Å². The number of nitrogens with one attached hydrogen (secondary N) is 3. The Labute approximate surface area is 176 Å². The minimum absolute atomic E-state index is 0.00935. The second kappa shape index (κ2) is 9.39. The Morgan fingerprint density at radius 3 is 2.17 bits per heavy atom. The summed E-state index contributed by atoms with van der Waals surface area (Å²) in [7, 11) is 4.61. The zero-order chi connectivity index (χ0) is 21.7. The predicted molar refractivity (Wildman–Crippen MR) is 116 cm³/mol. The van der Waals surface area contributed by atoms with Gasteiger partial charge in [-0.1, -0.05) is 0 Å². The van der Waals surface area contributed by atoms with Gasteiger partial charge >= 0.3 is 0 Å². The van der Waals surface area contributed by atoms with E-state index >= 15 is 0 Å². The van der Waals surface area contributed by atoms with Crippen LogP contribution in [0.1, 0.15) is 30.0 Å². The van der Waals surface area contributed by atoms with Gasteiger partial charge in [-0.25, -0.2) is 0 Å². The molecular formula is C22H28N4O4. The maximum Gasteiger partial charge on any atom is 0.247 e. The van der Waals surface area contributed by atoms with Crippen molar-refractivity contribution in [3.05, 3.63) is 47.5 Å². The van der Waals surface area contributed by atoms with Crippen molar-refractivity contribution in [1.29, 1.82) is 5.41 Å². The van der Waals surface area contributed by atoms with Crippen LogP contribution in [0.15, 0.2) is 36.4 Å². The molecule has 160 valence electrons. The lowest BCUT2D eigenvalue weighted by molar-refractivity contribution is -0.122. The number of nitrogen functional groups attached to an aromatic ring is 1. The predicted octanol–water partition coefficient (Wildman–Crippen LogP) is 2.68. The van der Waals surface area contributed by atoms with Crippen LogP contribution >= 0.6 is 0 Å². The molecule has 1 atom stereocenters. The number of hydrogen-bond donors (Lipinski definition) is 4. The van der Waals surface area contributed by atoms with Gasteiger partial charge in [0.1, 0.15) is 11.9 Å². The van der Waals surface area contributed by atoms with Gasteiger partial charge in [0.15, 0.2) is 11.5 Å². The van der Waals surface area contributed by atoms with E-state index in [1.54, 1.807) is 36.4 Å². The monoisotopic (exact) mass is 412 g/mol. The summed E-state index contributed by atoms with van der Waals surface area (Å²) in [5.41, 5.74) is 7.54. The third-order valence-electron chi connectivity index (χ3n) is 5.05. The Hall–Kier alpha value is -3.42. The lowest BCUT2D eigenvalue weighted by Crippen LogP contribution is -2.34. The molecule has 0 aromatic heterocycles. The Kier molecular flexibility index (Phi) is 6.66. The summed E-state index contributed by atoms with van der Waals surface area (Å²) in [5, 5.41) is 13.8. The molecule has 2 aromatic carbocycles. The van der Waals surface area contributed by atoms with Crippen molar-refractivity contribution < 1.29 is 19.0 Å². The third kappa shape index (κ3) is 4.94. The summed E-state index contributed by atoms with van der Waals surface area (Å²) in [4.78, 5) is 13.1. The first kappa shape index (κ1) is 21.3. The van der Waals surface area contributed by atoms with Crippen LogP contribution in [0.3, 0.4) is 0 Å². The molecule has 1 aliphatic rings. The van der Waals surface area contributed by atoms with E-state index in [0.29, 0.717) is 40.8 Å². The maximum atomic E-state index is 13.1. The second-order valence-corrected chi connectivity index (χ2v) is 7.22. The molecule has 0 aliphatic heterocycles. The summed E-state index contributed by atoms with van der Waals surface area (Å²) in [6, 6.07) is 9.89. The van der Waals surface area contributed by atoms with Crippen LogP contribution in [0.5, 0.6) is 17.2 Å². The minimum atomic E-state index is -0.680. The average molecular weight is 412 g/mol. The molecule has 8 heteroatoms. The molecule has 1 saturated carbocycles. The Balaban J connectivity index is 1.93. The van der Waals surface area contributed by atoms with Gasteiger partial charge < -0.3 is 30.6 Å². The fourth-order valence-electron chi connectivity index (χ4n) is 3.15. The van der Waals surface area contributed by atoms with Gasteiger partial charge in [0.05, 0.1) is 21.3 Å². The molecule has 0 bridgehead atoms. The van der Waals surface area contributed by atoms with Crippen molar-refractivity contribution >= 4 is 17.4 Å². The molecule has 1 fully saturated rings. The summed E-state index contributed by atoms with van der Waals surface area (Å²) in [5.74, 6) is 1.81. The van der Waals surface area contributed by atoms with Crippen LogP contribution in [0.2, 0.25) is 0 Å². The van der Waals surface area contributed by atoms with Crippen molar-refractivity contribution in [2.24, 2.45) is 11.7 Å². The largest absolute Gasteiger partial charge is 0.493 e. The highest BCUT2D eigenvalue weighted by Gasteiger charge is 2.27. The van der Waals surface area contributed by atoms with Gasteiger partial charge in [-0.3, -0.25) is 10.2 Å². The highest BCUT2D eigenvalue weighted by Crippen LogP contribution is 2.40. The highest BCUT2D eigenvalue weighted by atomic mass is 16.5. The van der Waals surface area contributed by atoms with E-state index in [2.05, 4.69) is 10.6 Å². The van der Waals surface area contributed by atoms with E-state index in [4.69, 9.17) is 25.4 Å². The van der Waals surface area contributed by atoms with E-state index in [1.807, 2.05) is 0 Å². The van der Waals surface area contributed by atoms with Crippen molar-refractivity contribution in [2.75, 3.05) is 33.2 Å². The Bertz CT molecular complexity index is 885. The number of nitrogens with two attached hydrogens (primary N) is 1. The van der Waals surface area contributed by atoms with Crippen molar-refractivity contribution in [2.45, 2.75) is 18.9 Å². The topological polar surface area (TPSA) is 119 Å². The molecule has 1 amide bonds. The maximum absolute atomic E-state index is 13.1. The number of methoxy groups -OCH3 is 3. The molecule has 0 heterocycles. The van der Waals surface area contributed by atoms with Crippen molar-refractivity contribution in [3.8, 4) is 17.2 Å². The molecule has 30 heavy (non-hydrogen) atoms. The Morgan fingerprint density at radius 2 is 1.70 bits per heavy atom. The van der Waals surface area contributed by atoms with E-state index in [-0.39, 0.29) is 11.7 Å². The van der Waals surface area contributed by atoms with E-state index in [1.165, 1.54) is 21.3 Å². The molecule has 5 N–H and O–H groups in total. The fraction of sp³-hybridized carbons (Fsp3) is 0.364. The number of hydrogen-bond acceptors (Lipinski definition) is 6. The molecule has 0 spiro atoms. The lowest BCUT2D eigenvalue weighted by Gasteiger charge is -2.22. The quantitative estimate of drug-likeness (QED) is 0.352. The number of anilines is 1. The molecule has 0 unspecified atom stereocenters.